The van der Waals surface area contributed by atoms with E-state index in [1.807, 2.05) is 0 Å². The van der Waals surface area contributed by atoms with Gasteiger partial charge in [-0.25, -0.2) is 12.7 Å². The zero-order valence-corrected chi connectivity index (χ0v) is 17.2. The molecular weight excluding hydrogens is 406 g/mol. The predicted octanol–water partition coefficient (Wildman–Crippen LogP) is 0.866. The Morgan fingerprint density at radius 1 is 1.25 bits per heavy atom. The number of sulfonamides is 1. The first-order valence-electron chi connectivity index (χ1n) is 9.17. The first-order chi connectivity index (χ1) is 12.9. The molecule has 0 aromatic heterocycles. The molecule has 2 bridgehead atoms. The summed E-state index contributed by atoms with van der Waals surface area (Å²) in [7, 11) is -2.51. The SMILES string of the molecule is COCCN1C(=O)c2ccc(C(=O)N3CCC4CCC(C3)N4)cc2S1(=O)=O.Cl. The van der Waals surface area contributed by atoms with E-state index in [1.54, 1.807) is 11.0 Å². The molecule has 2 atom stereocenters. The number of carbonyl (C=O) groups is 2. The summed E-state index contributed by atoms with van der Waals surface area (Å²) in [4.78, 5) is 27.1. The van der Waals surface area contributed by atoms with Crippen molar-refractivity contribution in [2.75, 3.05) is 33.4 Å². The molecule has 1 aromatic carbocycles. The lowest BCUT2D eigenvalue weighted by Crippen LogP contribution is -2.39. The summed E-state index contributed by atoms with van der Waals surface area (Å²) in [5.41, 5.74) is 0.413. The quantitative estimate of drug-likeness (QED) is 0.762. The zero-order chi connectivity index (χ0) is 19.2. The number of nitrogens with one attached hydrogen (secondary N) is 1. The number of ether oxygens (including phenoxy) is 1. The average Bonchev–Trinajstić information content (AvgIpc) is 3.07. The third kappa shape index (κ3) is 3.52. The van der Waals surface area contributed by atoms with Gasteiger partial charge >= 0.3 is 0 Å². The van der Waals surface area contributed by atoms with Crippen LogP contribution in [0.1, 0.15) is 40.0 Å². The number of halogens is 1. The zero-order valence-electron chi connectivity index (χ0n) is 15.6. The van der Waals surface area contributed by atoms with E-state index >= 15 is 0 Å². The van der Waals surface area contributed by atoms with Crippen LogP contribution >= 0.6 is 12.4 Å². The third-order valence-corrected chi connectivity index (χ3v) is 7.38. The van der Waals surface area contributed by atoms with Crippen LogP contribution in [0.2, 0.25) is 0 Å². The Bertz CT molecular complexity index is 891. The molecule has 2 amide bonds. The van der Waals surface area contributed by atoms with Crippen LogP contribution in [0.4, 0.5) is 0 Å². The fraction of sp³-hybridized carbons (Fsp3) is 0.556. The van der Waals surface area contributed by atoms with Gasteiger partial charge in [-0.15, -0.1) is 12.4 Å². The van der Waals surface area contributed by atoms with E-state index in [0.717, 1.165) is 23.6 Å². The number of amides is 2. The second kappa shape index (κ2) is 7.98. The highest BCUT2D eigenvalue weighted by Crippen LogP contribution is 2.31. The minimum Gasteiger partial charge on any atom is -0.383 e. The fourth-order valence-corrected chi connectivity index (χ4v) is 5.69. The second-order valence-electron chi connectivity index (χ2n) is 7.26. The Kier molecular flexibility index (Phi) is 6.00. The number of methoxy groups -OCH3 is 1. The van der Waals surface area contributed by atoms with Crippen molar-refractivity contribution < 1.29 is 22.7 Å². The van der Waals surface area contributed by atoms with Gasteiger partial charge in [0.2, 0.25) is 0 Å². The number of benzene rings is 1. The Labute approximate surface area is 170 Å². The summed E-state index contributed by atoms with van der Waals surface area (Å²) in [6, 6.07) is 5.09. The van der Waals surface area contributed by atoms with E-state index in [1.165, 1.54) is 19.2 Å². The standard InChI is InChI=1S/C18H23N3O5S.ClH/c1-26-9-8-21-18(23)15-5-2-12(10-16(15)27(21,24)25)17(22)20-7-6-13-3-4-14(11-20)19-13;/h2,5,10,13-14,19H,3-4,6-9,11H2,1H3;1H. The summed E-state index contributed by atoms with van der Waals surface area (Å²) in [5.74, 6) is -0.762. The third-order valence-electron chi connectivity index (χ3n) is 5.56. The van der Waals surface area contributed by atoms with Crippen LogP contribution in [-0.4, -0.2) is 74.9 Å². The molecule has 1 N–H and O–H groups in total. The lowest BCUT2D eigenvalue weighted by Gasteiger charge is -2.24. The molecule has 2 fully saturated rings. The Morgan fingerprint density at radius 2 is 2.00 bits per heavy atom. The monoisotopic (exact) mass is 429 g/mol. The number of hydrogen-bond acceptors (Lipinski definition) is 6. The molecule has 0 spiro atoms. The van der Waals surface area contributed by atoms with E-state index < -0.39 is 15.9 Å². The van der Waals surface area contributed by atoms with E-state index in [0.29, 0.717) is 30.7 Å². The maximum atomic E-state index is 13.0. The average molecular weight is 430 g/mol. The van der Waals surface area contributed by atoms with Gasteiger partial charge in [-0.05, 0) is 37.5 Å². The summed E-state index contributed by atoms with van der Waals surface area (Å²) in [6.45, 7) is 1.35. The van der Waals surface area contributed by atoms with Crippen molar-refractivity contribution in [1.29, 1.82) is 0 Å². The van der Waals surface area contributed by atoms with Gasteiger partial charge in [0.15, 0.2) is 0 Å². The van der Waals surface area contributed by atoms with E-state index in [4.69, 9.17) is 4.74 Å². The van der Waals surface area contributed by atoms with Crippen LogP contribution in [0.3, 0.4) is 0 Å². The van der Waals surface area contributed by atoms with E-state index in [2.05, 4.69) is 5.32 Å². The van der Waals surface area contributed by atoms with Crippen LogP contribution in [0.15, 0.2) is 23.1 Å². The second-order valence-corrected chi connectivity index (χ2v) is 9.09. The highest BCUT2D eigenvalue weighted by atomic mass is 35.5. The van der Waals surface area contributed by atoms with Gasteiger partial charge in [-0.1, -0.05) is 0 Å². The minimum absolute atomic E-state index is 0. The Balaban J connectivity index is 0.00000225. The van der Waals surface area contributed by atoms with Crippen molar-refractivity contribution in [3.63, 3.8) is 0 Å². The smallest absolute Gasteiger partial charge is 0.269 e. The predicted molar refractivity (Wildman–Crippen MR) is 104 cm³/mol. The molecule has 28 heavy (non-hydrogen) atoms. The molecule has 0 radical (unpaired) electrons. The van der Waals surface area contributed by atoms with Gasteiger partial charge in [0, 0.05) is 37.8 Å². The number of rotatable bonds is 4. The molecule has 4 rings (SSSR count). The lowest BCUT2D eigenvalue weighted by atomic mass is 10.1. The summed E-state index contributed by atoms with van der Waals surface area (Å²) >= 11 is 0. The van der Waals surface area contributed by atoms with Crippen molar-refractivity contribution >= 4 is 34.2 Å². The molecule has 3 heterocycles. The molecule has 10 heteroatoms. The summed E-state index contributed by atoms with van der Waals surface area (Å²) in [5, 5.41) is 3.52. The van der Waals surface area contributed by atoms with Gasteiger partial charge in [-0.3, -0.25) is 9.59 Å². The minimum atomic E-state index is -3.95. The molecule has 3 aliphatic rings. The van der Waals surface area contributed by atoms with Crippen LogP contribution in [0, 0.1) is 0 Å². The molecule has 8 nitrogen and oxygen atoms in total. The maximum absolute atomic E-state index is 13.0. The summed E-state index contributed by atoms with van der Waals surface area (Å²) < 4.78 is 31.2. The van der Waals surface area contributed by atoms with Crippen LogP contribution in [-0.2, 0) is 14.8 Å². The highest BCUT2D eigenvalue weighted by Gasteiger charge is 2.41. The van der Waals surface area contributed by atoms with Crippen LogP contribution < -0.4 is 5.32 Å². The van der Waals surface area contributed by atoms with Gasteiger partial charge in [0.25, 0.3) is 21.8 Å². The van der Waals surface area contributed by atoms with E-state index in [-0.39, 0.29) is 41.9 Å². The summed E-state index contributed by atoms with van der Waals surface area (Å²) in [6.07, 6.45) is 3.09. The molecule has 1 aromatic rings. The van der Waals surface area contributed by atoms with Crippen molar-refractivity contribution in [3.05, 3.63) is 29.3 Å². The fourth-order valence-electron chi connectivity index (χ4n) is 4.11. The van der Waals surface area contributed by atoms with Crippen molar-refractivity contribution in [2.24, 2.45) is 0 Å². The topological polar surface area (TPSA) is 96.0 Å². The van der Waals surface area contributed by atoms with E-state index in [9.17, 15) is 18.0 Å². The van der Waals surface area contributed by atoms with Gasteiger partial charge in [0.05, 0.1) is 18.7 Å². The first kappa shape index (κ1) is 21.0. The molecule has 0 saturated carbocycles. The van der Waals surface area contributed by atoms with Crippen molar-refractivity contribution in [2.45, 2.75) is 36.2 Å². The molecule has 3 aliphatic heterocycles. The van der Waals surface area contributed by atoms with Gasteiger partial charge in [0.1, 0.15) is 4.90 Å². The molecule has 0 aliphatic carbocycles. The van der Waals surface area contributed by atoms with Crippen LogP contribution in [0.25, 0.3) is 0 Å². The number of fused-ring (bicyclic) bond motifs is 3. The number of hydrogen-bond donors (Lipinski definition) is 1. The Morgan fingerprint density at radius 3 is 2.75 bits per heavy atom. The first-order valence-corrected chi connectivity index (χ1v) is 10.6. The molecular formula is C18H24ClN3O5S. The molecule has 154 valence electrons. The van der Waals surface area contributed by atoms with Crippen molar-refractivity contribution in [1.82, 2.24) is 14.5 Å². The van der Waals surface area contributed by atoms with Crippen molar-refractivity contribution in [3.8, 4) is 0 Å². The maximum Gasteiger partial charge on any atom is 0.269 e. The van der Waals surface area contributed by atoms with Crippen LogP contribution in [0.5, 0.6) is 0 Å². The largest absolute Gasteiger partial charge is 0.383 e. The number of nitrogens with zero attached hydrogens (tertiary/aromatic N) is 2. The van der Waals surface area contributed by atoms with Gasteiger partial charge in [-0.2, -0.15) is 0 Å². The van der Waals surface area contributed by atoms with Gasteiger partial charge < -0.3 is 15.0 Å². The number of likely N-dealkylation sites (tertiary alicyclic amines) is 1. The Hall–Kier alpha value is -1.68. The normalized spacial score (nSPS) is 25.2. The molecule has 2 unspecified atom stereocenters. The lowest BCUT2D eigenvalue weighted by molar-refractivity contribution is 0.0746. The highest BCUT2D eigenvalue weighted by molar-refractivity contribution is 7.90. The molecule has 2 saturated heterocycles. The number of carbonyl (C=O) groups excluding carboxylic acids is 2.